The molecular formula is C39H59N7O6. The first-order valence-electron chi connectivity index (χ1n) is 18.2. The molecule has 2 rings (SSSR count). The number of hydrogen-bond donors (Lipinski definition) is 6. The number of rotatable bonds is 22. The summed E-state index contributed by atoms with van der Waals surface area (Å²) in [6.45, 7) is 11.7. The number of nitrogens with two attached hydrogens (primary N) is 1. The molecule has 0 bridgehead atoms. The van der Waals surface area contributed by atoms with Gasteiger partial charge in [-0.15, -0.1) is 0 Å². The van der Waals surface area contributed by atoms with E-state index >= 15 is 0 Å². The number of amides is 6. The van der Waals surface area contributed by atoms with Gasteiger partial charge in [0.25, 0.3) is 0 Å². The van der Waals surface area contributed by atoms with E-state index in [0.29, 0.717) is 18.9 Å². The Morgan fingerprint density at radius 1 is 0.596 bits per heavy atom. The van der Waals surface area contributed by atoms with Crippen molar-refractivity contribution in [2.45, 2.75) is 116 Å². The van der Waals surface area contributed by atoms with Crippen molar-refractivity contribution in [2.75, 3.05) is 13.6 Å². The normalized spacial score (nSPS) is 14.1. The molecule has 6 amide bonds. The van der Waals surface area contributed by atoms with Crippen molar-refractivity contribution < 1.29 is 28.8 Å². The van der Waals surface area contributed by atoms with E-state index in [1.807, 2.05) is 81.6 Å². The fourth-order valence-corrected chi connectivity index (χ4v) is 5.31. The summed E-state index contributed by atoms with van der Waals surface area (Å²) in [5, 5.41) is 13.6. The van der Waals surface area contributed by atoms with Gasteiger partial charge < -0.3 is 37.2 Å². The topological polar surface area (TPSA) is 192 Å². The molecule has 0 aliphatic heterocycles. The third-order valence-corrected chi connectivity index (χ3v) is 8.75. The van der Waals surface area contributed by atoms with E-state index in [1.54, 1.807) is 0 Å². The highest BCUT2D eigenvalue weighted by Crippen LogP contribution is 2.10. The highest BCUT2D eigenvalue weighted by atomic mass is 16.2. The lowest BCUT2D eigenvalue weighted by Gasteiger charge is -2.26. The van der Waals surface area contributed by atoms with E-state index in [2.05, 4.69) is 45.3 Å². The Bertz CT molecular complexity index is 1450. The highest BCUT2D eigenvalue weighted by molar-refractivity contribution is 5.96. The van der Waals surface area contributed by atoms with E-state index < -0.39 is 59.7 Å². The minimum Gasteiger partial charge on any atom is -0.368 e. The van der Waals surface area contributed by atoms with Gasteiger partial charge in [0, 0.05) is 25.3 Å². The molecule has 286 valence electrons. The zero-order valence-electron chi connectivity index (χ0n) is 31.7. The van der Waals surface area contributed by atoms with Crippen LogP contribution >= 0.6 is 0 Å². The predicted molar refractivity (Wildman–Crippen MR) is 202 cm³/mol. The molecule has 13 heteroatoms. The maximum Gasteiger partial charge on any atom is 0.243 e. The predicted octanol–water partition coefficient (Wildman–Crippen LogP) is 1.98. The smallest absolute Gasteiger partial charge is 0.243 e. The van der Waals surface area contributed by atoms with Crippen molar-refractivity contribution in [2.24, 2.45) is 11.7 Å². The Morgan fingerprint density at radius 2 is 1.06 bits per heavy atom. The van der Waals surface area contributed by atoms with Crippen LogP contribution in [0.1, 0.15) is 78.4 Å². The number of primary amides is 1. The van der Waals surface area contributed by atoms with Crippen LogP contribution in [-0.2, 0) is 41.6 Å². The summed E-state index contributed by atoms with van der Waals surface area (Å²) in [6.07, 6.45) is 2.22. The molecule has 0 unspecified atom stereocenters. The molecular weight excluding hydrogens is 662 g/mol. The Balaban J connectivity index is 2.24. The van der Waals surface area contributed by atoms with E-state index in [1.165, 1.54) is 13.8 Å². The van der Waals surface area contributed by atoms with Gasteiger partial charge in [-0.3, -0.25) is 28.8 Å². The molecule has 0 fully saturated rings. The van der Waals surface area contributed by atoms with Crippen LogP contribution in [0.2, 0.25) is 0 Å². The van der Waals surface area contributed by atoms with Crippen LogP contribution in [-0.4, -0.2) is 90.2 Å². The van der Waals surface area contributed by atoms with E-state index in [4.69, 9.17) is 5.73 Å². The second-order valence-corrected chi connectivity index (χ2v) is 14.2. The number of hydrogen-bond acceptors (Lipinski definition) is 7. The summed E-state index contributed by atoms with van der Waals surface area (Å²) in [5.41, 5.74) is 6.97. The van der Waals surface area contributed by atoms with Crippen molar-refractivity contribution in [3.8, 4) is 0 Å². The fourth-order valence-electron chi connectivity index (χ4n) is 5.31. The molecule has 5 atom stereocenters. The standard InChI is InChI=1S/C39H59N7O6/c1-25(2)22-34(47)43-32(23-29-16-10-8-11-17-29)38(51)42-28(6)36(49)45-33(24-30-18-12-9-13-19-30)39(52)44-31(37(50)41-27(5)35(40)48)20-14-15-21-46(7)26(3)4/h8-13,16-19,25-28,31-33H,14-15,20-24H2,1-7H3,(H2,40,48)(H,41,50)(H,42,51)(H,43,47)(H,44,52)(H,45,49)/t27-,28-,31-,32-,33-/m0/s1. The first-order chi connectivity index (χ1) is 24.6. The second-order valence-electron chi connectivity index (χ2n) is 14.2. The lowest BCUT2D eigenvalue weighted by molar-refractivity contribution is -0.134. The van der Waals surface area contributed by atoms with Crippen molar-refractivity contribution in [1.82, 2.24) is 31.5 Å². The van der Waals surface area contributed by atoms with Gasteiger partial charge in [-0.05, 0) is 77.6 Å². The first-order valence-corrected chi connectivity index (χ1v) is 18.2. The molecule has 0 aliphatic carbocycles. The monoisotopic (exact) mass is 721 g/mol. The molecule has 13 nitrogen and oxygen atoms in total. The van der Waals surface area contributed by atoms with Gasteiger partial charge in [-0.25, -0.2) is 0 Å². The molecule has 0 heterocycles. The number of nitrogens with one attached hydrogen (secondary N) is 5. The molecule has 52 heavy (non-hydrogen) atoms. The maximum atomic E-state index is 13.9. The van der Waals surface area contributed by atoms with Gasteiger partial charge in [-0.2, -0.15) is 0 Å². The molecule has 2 aromatic rings. The van der Waals surface area contributed by atoms with Crippen molar-refractivity contribution in [3.05, 3.63) is 71.8 Å². The van der Waals surface area contributed by atoms with Crippen molar-refractivity contribution >= 4 is 35.4 Å². The van der Waals surface area contributed by atoms with Crippen molar-refractivity contribution in [1.29, 1.82) is 0 Å². The molecule has 0 aromatic heterocycles. The summed E-state index contributed by atoms with van der Waals surface area (Å²) in [5.74, 6) is -3.25. The van der Waals surface area contributed by atoms with Crippen LogP contribution in [0, 0.1) is 5.92 Å². The van der Waals surface area contributed by atoms with Gasteiger partial charge >= 0.3 is 0 Å². The Hall–Kier alpha value is -4.78. The summed E-state index contributed by atoms with van der Waals surface area (Å²) < 4.78 is 0. The maximum absolute atomic E-state index is 13.9. The van der Waals surface area contributed by atoms with Crippen LogP contribution in [0.15, 0.2) is 60.7 Å². The Kier molecular flexibility index (Phi) is 18.5. The number of unbranched alkanes of at least 4 members (excludes halogenated alkanes) is 1. The molecule has 0 saturated heterocycles. The summed E-state index contributed by atoms with van der Waals surface area (Å²) in [7, 11) is 2.01. The third-order valence-electron chi connectivity index (χ3n) is 8.75. The Labute approximate surface area is 308 Å². The van der Waals surface area contributed by atoms with E-state index in [-0.39, 0.29) is 31.1 Å². The molecule has 0 radical (unpaired) electrons. The van der Waals surface area contributed by atoms with Crippen LogP contribution in [0.4, 0.5) is 0 Å². The van der Waals surface area contributed by atoms with Crippen LogP contribution < -0.4 is 32.3 Å². The fraction of sp³-hybridized carbons (Fsp3) is 0.538. The lowest BCUT2D eigenvalue weighted by atomic mass is 10.0. The third kappa shape index (κ3) is 16.1. The highest BCUT2D eigenvalue weighted by Gasteiger charge is 2.31. The average molecular weight is 722 g/mol. The van der Waals surface area contributed by atoms with E-state index in [0.717, 1.165) is 24.1 Å². The van der Waals surface area contributed by atoms with Crippen molar-refractivity contribution in [3.63, 3.8) is 0 Å². The van der Waals surface area contributed by atoms with E-state index in [9.17, 15) is 28.8 Å². The minimum atomic E-state index is -1.11. The van der Waals surface area contributed by atoms with Crippen LogP contribution in [0.25, 0.3) is 0 Å². The quantitative estimate of drug-likeness (QED) is 0.100. The molecule has 2 aromatic carbocycles. The van der Waals surface area contributed by atoms with Crippen LogP contribution in [0.3, 0.4) is 0 Å². The summed E-state index contributed by atoms with van der Waals surface area (Å²) in [4.78, 5) is 80.8. The average Bonchev–Trinajstić information content (AvgIpc) is 3.08. The summed E-state index contributed by atoms with van der Waals surface area (Å²) >= 11 is 0. The summed E-state index contributed by atoms with van der Waals surface area (Å²) in [6, 6.07) is 13.6. The molecule has 0 spiro atoms. The van der Waals surface area contributed by atoms with Gasteiger partial charge in [0.15, 0.2) is 0 Å². The minimum absolute atomic E-state index is 0.0848. The van der Waals surface area contributed by atoms with Gasteiger partial charge in [0.05, 0.1) is 0 Å². The SMILES string of the molecule is CC(C)CC(=O)N[C@@H](Cc1ccccc1)C(=O)N[C@@H](C)C(=O)N[C@@H](Cc1ccccc1)C(=O)N[C@@H](CCCCN(C)C(C)C)C(=O)N[C@@H](C)C(N)=O. The van der Waals surface area contributed by atoms with Gasteiger partial charge in [-0.1, -0.05) is 74.5 Å². The van der Waals surface area contributed by atoms with Gasteiger partial charge in [0.2, 0.25) is 35.4 Å². The lowest BCUT2D eigenvalue weighted by Crippen LogP contribution is -2.59. The zero-order chi connectivity index (χ0) is 38.8. The Morgan fingerprint density at radius 3 is 1.56 bits per heavy atom. The molecule has 0 saturated carbocycles. The molecule has 7 N–H and O–H groups in total. The van der Waals surface area contributed by atoms with Gasteiger partial charge in [0.1, 0.15) is 30.2 Å². The zero-order valence-corrected chi connectivity index (χ0v) is 31.7. The number of nitrogens with zero attached hydrogens (tertiary/aromatic N) is 1. The largest absolute Gasteiger partial charge is 0.368 e. The first kappa shape index (κ1) is 43.4. The number of carbonyl (C=O) groups is 6. The number of benzene rings is 2. The molecule has 0 aliphatic rings. The van der Waals surface area contributed by atoms with Crippen LogP contribution in [0.5, 0.6) is 0 Å². The number of carbonyl (C=O) groups excluding carboxylic acids is 6. The second kappa shape index (κ2) is 22.2.